The van der Waals surface area contributed by atoms with Crippen LogP contribution in [-0.4, -0.2) is 45.7 Å². The van der Waals surface area contributed by atoms with Crippen LogP contribution in [0, 0.1) is 0 Å². The summed E-state index contributed by atoms with van der Waals surface area (Å²) in [6.45, 7) is 2.41. The molecule has 0 radical (unpaired) electrons. The van der Waals surface area contributed by atoms with E-state index in [0.29, 0.717) is 6.54 Å². The van der Waals surface area contributed by atoms with Crippen LogP contribution in [0.15, 0.2) is 54.6 Å². The van der Waals surface area contributed by atoms with Gasteiger partial charge in [-0.2, -0.15) is 0 Å². The van der Waals surface area contributed by atoms with Crippen molar-refractivity contribution in [1.82, 2.24) is 20.2 Å². The molecule has 1 saturated heterocycles. The van der Waals surface area contributed by atoms with Gasteiger partial charge in [0.25, 0.3) is 0 Å². The van der Waals surface area contributed by atoms with Crippen LogP contribution in [0.25, 0.3) is 11.0 Å². The van der Waals surface area contributed by atoms with E-state index in [9.17, 15) is 14.4 Å². The first-order valence-electron chi connectivity index (χ1n) is 10.6. The SMILES string of the molecule is C[C@@]1(c2ccccc2)CC(=O)N(CCC(=O)NCCCc2nc3ccccc3[nH]2)C1=O. The van der Waals surface area contributed by atoms with Gasteiger partial charge in [-0.25, -0.2) is 4.98 Å². The number of aromatic nitrogens is 2. The van der Waals surface area contributed by atoms with Crippen LogP contribution in [0.3, 0.4) is 0 Å². The van der Waals surface area contributed by atoms with Gasteiger partial charge in [-0.1, -0.05) is 42.5 Å². The zero-order valence-corrected chi connectivity index (χ0v) is 17.6. The lowest BCUT2D eigenvalue weighted by atomic mass is 9.81. The Morgan fingerprint density at radius 1 is 1.13 bits per heavy atom. The number of imidazole rings is 1. The summed E-state index contributed by atoms with van der Waals surface area (Å²) < 4.78 is 0. The summed E-state index contributed by atoms with van der Waals surface area (Å²) in [6, 6.07) is 17.2. The molecular formula is C24H26N4O3. The van der Waals surface area contributed by atoms with Crippen LogP contribution < -0.4 is 5.32 Å². The average Bonchev–Trinajstić information content (AvgIpc) is 3.29. The molecule has 3 aromatic rings. The minimum Gasteiger partial charge on any atom is -0.356 e. The molecule has 0 bridgehead atoms. The molecule has 7 nitrogen and oxygen atoms in total. The number of carbonyl (C=O) groups is 3. The number of amides is 3. The number of aromatic amines is 1. The highest BCUT2D eigenvalue weighted by molar-refractivity contribution is 6.09. The van der Waals surface area contributed by atoms with Gasteiger partial charge in [0.2, 0.25) is 17.7 Å². The summed E-state index contributed by atoms with van der Waals surface area (Å²) in [5, 5.41) is 2.86. The molecule has 0 saturated carbocycles. The maximum absolute atomic E-state index is 12.9. The fourth-order valence-corrected chi connectivity index (χ4v) is 4.05. The number of carbonyl (C=O) groups excluding carboxylic acids is 3. The Morgan fingerprint density at radius 3 is 2.65 bits per heavy atom. The van der Waals surface area contributed by atoms with E-state index in [2.05, 4.69) is 15.3 Å². The Balaban J connectivity index is 1.23. The van der Waals surface area contributed by atoms with Crippen molar-refractivity contribution in [2.45, 2.75) is 38.0 Å². The molecule has 1 aliphatic heterocycles. The maximum Gasteiger partial charge on any atom is 0.240 e. The molecule has 1 aliphatic rings. The van der Waals surface area contributed by atoms with Crippen molar-refractivity contribution in [3.63, 3.8) is 0 Å². The molecule has 7 heteroatoms. The summed E-state index contributed by atoms with van der Waals surface area (Å²) in [6.07, 6.45) is 1.72. The normalized spacial score (nSPS) is 18.7. The standard InChI is InChI=1S/C24H26N4O3/c1-24(17-8-3-2-4-9-17)16-22(30)28(23(24)31)15-13-21(29)25-14-7-12-20-26-18-10-5-6-11-19(18)27-20/h2-6,8-11H,7,12-16H2,1H3,(H,25,29)(H,26,27)/t24-/m0/s1. The first-order chi connectivity index (χ1) is 15.0. The zero-order chi connectivity index (χ0) is 21.8. The second kappa shape index (κ2) is 8.71. The van der Waals surface area contributed by atoms with Crippen LogP contribution in [0.5, 0.6) is 0 Å². The minimum atomic E-state index is -0.860. The summed E-state index contributed by atoms with van der Waals surface area (Å²) >= 11 is 0. The van der Waals surface area contributed by atoms with Crippen molar-refractivity contribution in [1.29, 1.82) is 0 Å². The zero-order valence-electron chi connectivity index (χ0n) is 17.6. The number of benzene rings is 2. The molecule has 0 aliphatic carbocycles. The molecule has 160 valence electrons. The lowest BCUT2D eigenvalue weighted by molar-refractivity contribution is -0.140. The van der Waals surface area contributed by atoms with E-state index in [1.807, 2.05) is 54.6 Å². The van der Waals surface area contributed by atoms with Gasteiger partial charge in [-0.05, 0) is 31.0 Å². The highest BCUT2D eigenvalue weighted by Crippen LogP contribution is 2.36. The van der Waals surface area contributed by atoms with E-state index in [4.69, 9.17) is 0 Å². The third-order valence-electron chi connectivity index (χ3n) is 5.85. The number of hydrogen-bond acceptors (Lipinski definition) is 4. The van der Waals surface area contributed by atoms with Gasteiger partial charge in [0.1, 0.15) is 5.82 Å². The number of nitrogens with one attached hydrogen (secondary N) is 2. The number of fused-ring (bicyclic) bond motifs is 1. The van der Waals surface area contributed by atoms with Crippen LogP contribution in [-0.2, 0) is 26.2 Å². The van der Waals surface area contributed by atoms with Crippen molar-refractivity contribution in [2.75, 3.05) is 13.1 Å². The van der Waals surface area contributed by atoms with Crippen molar-refractivity contribution >= 4 is 28.8 Å². The number of imide groups is 1. The molecule has 1 aromatic heterocycles. The third kappa shape index (κ3) is 4.35. The lowest BCUT2D eigenvalue weighted by Crippen LogP contribution is -2.39. The van der Waals surface area contributed by atoms with E-state index >= 15 is 0 Å². The monoisotopic (exact) mass is 418 g/mol. The number of rotatable bonds is 8. The largest absolute Gasteiger partial charge is 0.356 e. The Hall–Kier alpha value is -3.48. The van der Waals surface area contributed by atoms with Gasteiger partial charge in [0.15, 0.2) is 0 Å². The van der Waals surface area contributed by atoms with Gasteiger partial charge in [-0.3, -0.25) is 19.3 Å². The van der Waals surface area contributed by atoms with E-state index in [0.717, 1.165) is 35.3 Å². The van der Waals surface area contributed by atoms with Gasteiger partial charge >= 0.3 is 0 Å². The third-order valence-corrected chi connectivity index (χ3v) is 5.85. The number of aryl methyl sites for hydroxylation is 1. The van der Waals surface area contributed by atoms with Crippen LogP contribution in [0.1, 0.15) is 37.6 Å². The number of hydrogen-bond donors (Lipinski definition) is 2. The molecule has 0 unspecified atom stereocenters. The predicted molar refractivity (Wildman–Crippen MR) is 117 cm³/mol. The Bertz CT molecular complexity index is 1080. The van der Waals surface area contributed by atoms with E-state index < -0.39 is 5.41 Å². The number of nitrogens with zero attached hydrogens (tertiary/aromatic N) is 2. The quantitative estimate of drug-likeness (QED) is 0.434. The van der Waals surface area contributed by atoms with Crippen molar-refractivity contribution in [3.05, 3.63) is 66.0 Å². The Morgan fingerprint density at radius 2 is 1.87 bits per heavy atom. The number of likely N-dealkylation sites (tertiary alicyclic amines) is 1. The van der Waals surface area contributed by atoms with E-state index in [1.54, 1.807) is 6.92 Å². The lowest BCUT2D eigenvalue weighted by Gasteiger charge is -2.22. The van der Waals surface area contributed by atoms with Gasteiger partial charge in [0, 0.05) is 32.4 Å². The molecule has 1 atom stereocenters. The average molecular weight is 418 g/mol. The second-order valence-corrected chi connectivity index (χ2v) is 8.13. The summed E-state index contributed by atoms with van der Waals surface area (Å²) in [4.78, 5) is 46.6. The predicted octanol–water partition coefficient (Wildman–Crippen LogP) is 2.72. The fraction of sp³-hybridized carbons (Fsp3) is 0.333. The van der Waals surface area contributed by atoms with E-state index in [-0.39, 0.29) is 37.1 Å². The Labute approximate surface area is 180 Å². The second-order valence-electron chi connectivity index (χ2n) is 8.13. The van der Waals surface area contributed by atoms with Crippen molar-refractivity contribution < 1.29 is 14.4 Å². The molecular weight excluding hydrogens is 392 g/mol. The van der Waals surface area contributed by atoms with Crippen molar-refractivity contribution in [3.8, 4) is 0 Å². The first-order valence-corrected chi connectivity index (χ1v) is 10.6. The first kappa shape index (κ1) is 20.8. The van der Waals surface area contributed by atoms with Crippen LogP contribution in [0.4, 0.5) is 0 Å². The number of para-hydroxylation sites is 2. The van der Waals surface area contributed by atoms with Gasteiger partial charge in [0.05, 0.1) is 16.4 Å². The molecule has 2 heterocycles. The van der Waals surface area contributed by atoms with Crippen LogP contribution >= 0.6 is 0 Å². The highest BCUT2D eigenvalue weighted by atomic mass is 16.2. The minimum absolute atomic E-state index is 0.104. The smallest absolute Gasteiger partial charge is 0.240 e. The molecule has 0 spiro atoms. The molecule has 1 fully saturated rings. The highest BCUT2D eigenvalue weighted by Gasteiger charge is 2.49. The topological polar surface area (TPSA) is 95.2 Å². The number of H-pyrrole nitrogens is 1. The molecule has 31 heavy (non-hydrogen) atoms. The molecule has 2 aromatic carbocycles. The Kier molecular flexibility index (Phi) is 5.84. The molecule has 2 N–H and O–H groups in total. The molecule has 3 amide bonds. The van der Waals surface area contributed by atoms with E-state index in [1.165, 1.54) is 4.90 Å². The van der Waals surface area contributed by atoms with Gasteiger partial charge < -0.3 is 10.3 Å². The van der Waals surface area contributed by atoms with Crippen molar-refractivity contribution in [2.24, 2.45) is 0 Å². The van der Waals surface area contributed by atoms with Gasteiger partial charge in [-0.15, -0.1) is 0 Å². The molecule has 4 rings (SSSR count). The van der Waals surface area contributed by atoms with Crippen LogP contribution in [0.2, 0.25) is 0 Å². The maximum atomic E-state index is 12.9. The fourth-order valence-electron chi connectivity index (χ4n) is 4.05. The summed E-state index contributed by atoms with van der Waals surface area (Å²) in [7, 11) is 0. The summed E-state index contributed by atoms with van der Waals surface area (Å²) in [5.74, 6) is 0.262. The summed E-state index contributed by atoms with van der Waals surface area (Å²) in [5.41, 5.74) is 1.90.